The highest BCUT2D eigenvalue weighted by atomic mass is 19.2. The largest absolute Gasteiger partial charge is 0.281 e. The molecule has 0 unspecified atom stereocenters. The van der Waals surface area contributed by atoms with Crippen LogP contribution in [0.2, 0.25) is 0 Å². The summed E-state index contributed by atoms with van der Waals surface area (Å²) < 4.78 is 29.3. The normalized spacial score (nSPS) is 11.5. The van der Waals surface area contributed by atoms with Crippen LogP contribution in [-0.2, 0) is 0 Å². The number of imidazole rings is 1. The highest BCUT2D eigenvalue weighted by Gasteiger charge is 2.11. The lowest BCUT2D eigenvalue weighted by Gasteiger charge is -2.02. The van der Waals surface area contributed by atoms with Gasteiger partial charge in [-0.3, -0.25) is 4.57 Å². The molecule has 4 rings (SSSR count). The van der Waals surface area contributed by atoms with E-state index in [0.29, 0.717) is 22.5 Å². The summed E-state index contributed by atoms with van der Waals surface area (Å²) in [5, 5.41) is 15.1. The van der Waals surface area contributed by atoms with Crippen molar-refractivity contribution in [3.05, 3.63) is 42.2 Å². The monoisotopic (exact) mass is 273 g/mol. The van der Waals surface area contributed by atoms with Crippen molar-refractivity contribution in [2.75, 3.05) is 0 Å². The first-order valence-electron chi connectivity index (χ1n) is 5.60. The predicted octanol–water partition coefficient (Wildman–Crippen LogP) is 1.14. The molecule has 3 heterocycles. The number of halogens is 2. The Morgan fingerprint density at radius 3 is 2.80 bits per heavy atom. The van der Waals surface area contributed by atoms with Crippen molar-refractivity contribution < 1.29 is 8.78 Å². The third-order valence-corrected chi connectivity index (χ3v) is 2.89. The van der Waals surface area contributed by atoms with Crippen LogP contribution in [0.25, 0.3) is 22.5 Å². The van der Waals surface area contributed by atoms with Gasteiger partial charge in [0, 0.05) is 12.1 Å². The first-order chi connectivity index (χ1) is 9.72. The number of hydrogen-bond donors (Lipinski definition) is 0. The van der Waals surface area contributed by atoms with Crippen LogP contribution in [0.4, 0.5) is 8.78 Å². The summed E-state index contributed by atoms with van der Waals surface area (Å²) in [4.78, 5) is 4.02. The van der Waals surface area contributed by atoms with E-state index < -0.39 is 11.6 Å². The smallest absolute Gasteiger partial charge is 0.200 e. The molecule has 0 radical (unpaired) electrons. The highest BCUT2D eigenvalue weighted by molar-refractivity contribution is 5.77. The van der Waals surface area contributed by atoms with Gasteiger partial charge in [-0.05, 0) is 22.6 Å². The molecule has 4 aromatic rings. The quantitative estimate of drug-likeness (QED) is 0.520. The van der Waals surface area contributed by atoms with Gasteiger partial charge in [0.05, 0.1) is 11.0 Å². The van der Waals surface area contributed by atoms with E-state index in [0.717, 1.165) is 12.1 Å². The van der Waals surface area contributed by atoms with E-state index in [1.807, 2.05) is 0 Å². The van der Waals surface area contributed by atoms with Crippen LogP contribution in [-0.4, -0.2) is 34.8 Å². The van der Waals surface area contributed by atoms with Gasteiger partial charge in [-0.25, -0.2) is 13.8 Å². The summed E-state index contributed by atoms with van der Waals surface area (Å²) in [5.41, 5.74) is 1.22. The first kappa shape index (κ1) is 10.9. The van der Waals surface area contributed by atoms with E-state index >= 15 is 0 Å². The van der Waals surface area contributed by atoms with Crippen molar-refractivity contribution in [1.82, 2.24) is 34.8 Å². The Morgan fingerprint density at radius 2 is 1.90 bits per heavy atom. The zero-order chi connectivity index (χ0) is 13.7. The summed E-state index contributed by atoms with van der Waals surface area (Å²) in [7, 11) is 0. The molecule has 0 saturated carbocycles. The van der Waals surface area contributed by atoms with Crippen LogP contribution < -0.4 is 0 Å². The van der Waals surface area contributed by atoms with E-state index in [2.05, 4.69) is 25.6 Å². The van der Waals surface area contributed by atoms with Crippen molar-refractivity contribution >= 4 is 16.7 Å². The maximum Gasteiger partial charge on any atom is 0.200 e. The van der Waals surface area contributed by atoms with Gasteiger partial charge in [0.25, 0.3) is 0 Å². The topological polar surface area (TPSA) is 73.8 Å². The molecule has 0 aliphatic rings. The zero-order valence-corrected chi connectivity index (χ0v) is 9.77. The first-order valence-corrected chi connectivity index (χ1v) is 5.60. The minimum Gasteiger partial charge on any atom is -0.281 e. The molecule has 0 atom stereocenters. The number of rotatable bonds is 1. The van der Waals surface area contributed by atoms with Crippen LogP contribution in [0.5, 0.6) is 0 Å². The summed E-state index contributed by atoms with van der Waals surface area (Å²) >= 11 is 0. The Labute approximate surface area is 109 Å². The second kappa shape index (κ2) is 3.76. The Balaban J connectivity index is 1.99. The minimum atomic E-state index is -0.942. The maximum atomic E-state index is 13.4. The fourth-order valence-electron chi connectivity index (χ4n) is 1.96. The number of nitrogens with zero attached hydrogens (tertiary/aromatic N) is 7. The van der Waals surface area contributed by atoms with Gasteiger partial charge >= 0.3 is 0 Å². The molecule has 0 aliphatic carbocycles. The summed E-state index contributed by atoms with van der Waals surface area (Å²) in [5.74, 6) is -1.44. The van der Waals surface area contributed by atoms with E-state index in [1.165, 1.54) is 15.5 Å². The average Bonchev–Trinajstić information content (AvgIpc) is 3.05. The minimum absolute atomic E-state index is 0.336. The lowest BCUT2D eigenvalue weighted by molar-refractivity contribution is 0.510. The standard InChI is InChI=1S/C11H5F2N7/c12-6-3-8-9(4-7(6)13)19(5-14-8)11-2-1-10-15-17-18-20(10)16-11/h1-5H. The molecule has 0 amide bonds. The second-order valence-corrected chi connectivity index (χ2v) is 4.09. The molecule has 1 aromatic carbocycles. The van der Waals surface area contributed by atoms with Gasteiger partial charge < -0.3 is 0 Å². The van der Waals surface area contributed by atoms with E-state index in [4.69, 9.17) is 0 Å². The van der Waals surface area contributed by atoms with E-state index in [9.17, 15) is 8.78 Å². The zero-order valence-electron chi connectivity index (χ0n) is 9.77. The fourth-order valence-corrected chi connectivity index (χ4v) is 1.96. The number of benzene rings is 1. The second-order valence-electron chi connectivity index (χ2n) is 4.09. The number of hydrogen-bond acceptors (Lipinski definition) is 5. The van der Waals surface area contributed by atoms with Gasteiger partial charge in [0.2, 0.25) is 0 Å². The molecule has 98 valence electrons. The average molecular weight is 273 g/mol. The third kappa shape index (κ3) is 1.46. The SMILES string of the molecule is Fc1cc2ncn(-c3ccc4nnnn4n3)c2cc1F. The molecule has 7 nitrogen and oxygen atoms in total. The van der Waals surface area contributed by atoms with Gasteiger partial charge in [0.1, 0.15) is 6.33 Å². The lowest BCUT2D eigenvalue weighted by Crippen LogP contribution is -2.02. The molecular formula is C11H5F2N7. The summed E-state index contributed by atoms with van der Waals surface area (Å²) in [6.07, 6.45) is 1.43. The molecule has 0 aliphatic heterocycles. The molecule has 3 aromatic heterocycles. The van der Waals surface area contributed by atoms with Gasteiger partial charge in [0.15, 0.2) is 23.1 Å². The lowest BCUT2D eigenvalue weighted by atomic mass is 10.3. The molecule has 0 N–H and O–H groups in total. The maximum absolute atomic E-state index is 13.4. The molecule has 0 spiro atoms. The molecule has 0 fully saturated rings. The Morgan fingerprint density at radius 1 is 1.05 bits per heavy atom. The van der Waals surface area contributed by atoms with Crippen LogP contribution in [0.1, 0.15) is 0 Å². The van der Waals surface area contributed by atoms with Crippen LogP contribution >= 0.6 is 0 Å². The fraction of sp³-hybridized carbons (Fsp3) is 0. The molecule has 20 heavy (non-hydrogen) atoms. The number of fused-ring (bicyclic) bond motifs is 2. The summed E-state index contributed by atoms with van der Waals surface area (Å²) in [6, 6.07) is 5.43. The van der Waals surface area contributed by atoms with Crippen molar-refractivity contribution in [2.24, 2.45) is 0 Å². The molecular weight excluding hydrogens is 268 g/mol. The van der Waals surface area contributed by atoms with Crippen LogP contribution in [0.15, 0.2) is 30.6 Å². The van der Waals surface area contributed by atoms with Gasteiger partial charge in [-0.2, -0.15) is 0 Å². The Kier molecular flexibility index (Phi) is 2.05. The van der Waals surface area contributed by atoms with E-state index in [1.54, 1.807) is 12.1 Å². The third-order valence-electron chi connectivity index (χ3n) is 2.89. The van der Waals surface area contributed by atoms with E-state index in [-0.39, 0.29) is 0 Å². The van der Waals surface area contributed by atoms with Crippen molar-refractivity contribution in [3.63, 3.8) is 0 Å². The molecule has 0 bridgehead atoms. The summed E-state index contributed by atoms with van der Waals surface area (Å²) in [6.45, 7) is 0. The highest BCUT2D eigenvalue weighted by Crippen LogP contribution is 2.20. The van der Waals surface area contributed by atoms with Gasteiger partial charge in [-0.1, -0.05) is 0 Å². The van der Waals surface area contributed by atoms with Crippen molar-refractivity contribution in [3.8, 4) is 5.82 Å². The Bertz CT molecular complexity index is 942. The Hall–Kier alpha value is -2.97. The number of aromatic nitrogens is 7. The molecule has 0 saturated heterocycles. The molecule has 9 heteroatoms. The number of tetrazole rings is 1. The van der Waals surface area contributed by atoms with Crippen LogP contribution in [0, 0.1) is 11.6 Å². The van der Waals surface area contributed by atoms with Crippen LogP contribution in [0.3, 0.4) is 0 Å². The predicted molar refractivity (Wildman–Crippen MR) is 63.1 cm³/mol. The van der Waals surface area contributed by atoms with Crippen molar-refractivity contribution in [2.45, 2.75) is 0 Å². The van der Waals surface area contributed by atoms with Crippen molar-refractivity contribution in [1.29, 1.82) is 0 Å². The van der Waals surface area contributed by atoms with Gasteiger partial charge in [-0.15, -0.1) is 14.8 Å².